The fraction of sp³-hybridized carbons (Fsp3) is 0.360. The van der Waals surface area contributed by atoms with E-state index in [-0.39, 0.29) is 0 Å². The lowest BCUT2D eigenvalue weighted by atomic mass is 9.80. The molecule has 5 rings (SSSR count). The van der Waals surface area contributed by atoms with Gasteiger partial charge in [-0.2, -0.15) is 13.2 Å². The Morgan fingerprint density at radius 3 is 2.63 bits per heavy atom. The average Bonchev–Trinajstić information content (AvgIpc) is 3.11. The van der Waals surface area contributed by atoms with Crippen LogP contribution in [0.3, 0.4) is 0 Å². The monoisotopic (exact) mass is 410 g/mol. The van der Waals surface area contributed by atoms with E-state index in [1.807, 2.05) is 6.07 Å². The van der Waals surface area contributed by atoms with Gasteiger partial charge >= 0.3 is 6.18 Å². The predicted molar refractivity (Wildman–Crippen MR) is 114 cm³/mol. The van der Waals surface area contributed by atoms with Crippen LogP contribution < -0.4 is 5.32 Å². The van der Waals surface area contributed by atoms with Gasteiger partial charge in [0.25, 0.3) is 0 Å². The van der Waals surface area contributed by atoms with Gasteiger partial charge in [0.2, 0.25) is 0 Å². The molecule has 1 aliphatic heterocycles. The van der Waals surface area contributed by atoms with E-state index in [1.165, 1.54) is 23.3 Å². The Morgan fingerprint density at radius 1 is 1.00 bits per heavy atom. The lowest BCUT2D eigenvalue weighted by Gasteiger charge is -2.30. The Balaban J connectivity index is 1.33. The molecule has 2 atom stereocenters. The van der Waals surface area contributed by atoms with E-state index in [0.29, 0.717) is 12.0 Å². The van der Waals surface area contributed by atoms with E-state index in [0.717, 1.165) is 60.8 Å². The zero-order valence-corrected chi connectivity index (χ0v) is 16.7. The van der Waals surface area contributed by atoms with Crippen LogP contribution in [0, 0.1) is 5.92 Å². The number of fused-ring (bicyclic) bond motifs is 3. The molecule has 2 heterocycles. The van der Waals surface area contributed by atoms with Gasteiger partial charge in [0.05, 0.1) is 5.56 Å². The molecule has 5 heteroatoms. The number of nitrogens with one attached hydrogen (secondary N) is 2. The van der Waals surface area contributed by atoms with Gasteiger partial charge in [0.15, 0.2) is 0 Å². The fourth-order valence-electron chi connectivity index (χ4n) is 5.09. The molecule has 2 aromatic carbocycles. The lowest BCUT2D eigenvalue weighted by molar-refractivity contribution is -0.137. The van der Waals surface area contributed by atoms with Crippen molar-refractivity contribution in [1.82, 2.24) is 10.3 Å². The lowest BCUT2D eigenvalue weighted by Crippen LogP contribution is -2.35. The van der Waals surface area contributed by atoms with Gasteiger partial charge in [-0.05, 0) is 72.9 Å². The van der Waals surface area contributed by atoms with Crippen molar-refractivity contribution >= 4 is 16.5 Å². The van der Waals surface area contributed by atoms with E-state index in [2.05, 4.69) is 40.6 Å². The summed E-state index contributed by atoms with van der Waals surface area (Å²) in [5.74, 6) is 0.485. The van der Waals surface area contributed by atoms with Crippen molar-refractivity contribution in [3.63, 3.8) is 0 Å². The number of benzene rings is 2. The number of aromatic nitrogens is 1. The summed E-state index contributed by atoms with van der Waals surface area (Å²) in [7, 11) is 0. The van der Waals surface area contributed by atoms with E-state index < -0.39 is 11.7 Å². The van der Waals surface area contributed by atoms with Crippen LogP contribution in [-0.2, 0) is 19.0 Å². The predicted octanol–water partition coefficient (Wildman–Crippen LogP) is 6.13. The van der Waals surface area contributed by atoms with Crippen molar-refractivity contribution in [1.29, 1.82) is 0 Å². The van der Waals surface area contributed by atoms with Crippen molar-refractivity contribution in [3.05, 3.63) is 77.0 Å². The summed E-state index contributed by atoms with van der Waals surface area (Å²) in [4.78, 5) is 3.36. The number of aromatic amines is 1. The molecule has 0 saturated carbocycles. The number of alkyl halides is 3. The highest BCUT2D eigenvalue weighted by Crippen LogP contribution is 2.38. The third kappa shape index (κ3) is 3.79. The summed E-state index contributed by atoms with van der Waals surface area (Å²) in [5, 5.41) is 4.36. The minimum atomic E-state index is -4.31. The van der Waals surface area contributed by atoms with Crippen molar-refractivity contribution < 1.29 is 13.2 Å². The van der Waals surface area contributed by atoms with Gasteiger partial charge < -0.3 is 10.3 Å². The summed E-state index contributed by atoms with van der Waals surface area (Å²) in [6.45, 7) is 0.870. The largest absolute Gasteiger partial charge is 0.416 e. The second-order valence-corrected chi connectivity index (χ2v) is 8.59. The summed E-state index contributed by atoms with van der Waals surface area (Å²) in [6, 6.07) is 15.0. The van der Waals surface area contributed by atoms with Crippen molar-refractivity contribution in [2.75, 3.05) is 6.54 Å². The molecule has 2 N–H and O–H groups in total. The SMILES string of the molecule is FC(F)(F)c1ccc2[nH]c3c(c2c1)CC(CC1CC(c2ccccc2)=CCN1)CC3. The molecule has 3 aromatic rings. The second-order valence-electron chi connectivity index (χ2n) is 8.59. The second kappa shape index (κ2) is 7.62. The summed E-state index contributed by atoms with van der Waals surface area (Å²) < 4.78 is 39.6. The number of hydrogen-bond acceptors (Lipinski definition) is 1. The minimum Gasteiger partial charge on any atom is -0.358 e. The van der Waals surface area contributed by atoms with E-state index >= 15 is 0 Å². The first-order chi connectivity index (χ1) is 14.5. The Morgan fingerprint density at radius 2 is 1.83 bits per heavy atom. The zero-order valence-electron chi connectivity index (χ0n) is 16.7. The molecule has 0 bridgehead atoms. The van der Waals surface area contributed by atoms with Crippen molar-refractivity contribution in [2.45, 2.75) is 44.3 Å². The van der Waals surface area contributed by atoms with Gasteiger partial charge in [0, 0.05) is 29.2 Å². The van der Waals surface area contributed by atoms with Crippen molar-refractivity contribution in [3.8, 4) is 0 Å². The third-order valence-corrected chi connectivity index (χ3v) is 6.60. The molecule has 0 amide bonds. The van der Waals surface area contributed by atoms with Crippen molar-refractivity contribution in [2.24, 2.45) is 5.92 Å². The molecule has 30 heavy (non-hydrogen) atoms. The molecule has 1 aromatic heterocycles. The standard InChI is InChI=1S/C25H25F3N2/c26-25(27,28)19-7-9-24-22(15-19)21-13-16(6-8-23(21)30-24)12-20-14-18(10-11-29-20)17-4-2-1-3-5-17/h1-5,7,9-10,15-16,20,29-30H,6,8,11-14H2. The number of rotatable bonds is 3. The first kappa shape index (κ1) is 19.4. The zero-order chi connectivity index (χ0) is 20.7. The van der Waals surface area contributed by atoms with Crippen LogP contribution in [0.4, 0.5) is 13.2 Å². The number of halogens is 3. The normalized spacial score (nSPS) is 22.0. The molecule has 2 aliphatic rings. The molecule has 0 saturated heterocycles. The maximum atomic E-state index is 13.2. The van der Waals surface area contributed by atoms with Gasteiger partial charge in [-0.1, -0.05) is 36.4 Å². The van der Waals surface area contributed by atoms with Crippen LogP contribution in [0.1, 0.15) is 41.6 Å². The van der Waals surface area contributed by atoms with E-state index in [9.17, 15) is 13.2 Å². The maximum absolute atomic E-state index is 13.2. The summed E-state index contributed by atoms with van der Waals surface area (Å²) in [5.41, 5.74) is 5.12. The Hall–Kier alpha value is -2.53. The Bertz CT molecular complexity index is 1080. The van der Waals surface area contributed by atoms with Crippen LogP contribution in [0.25, 0.3) is 16.5 Å². The molecular formula is C25H25F3N2. The first-order valence-corrected chi connectivity index (χ1v) is 10.7. The minimum absolute atomic E-state index is 0.410. The smallest absolute Gasteiger partial charge is 0.358 e. The van der Waals surface area contributed by atoms with Crippen LogP contribution >= 0.6 is 0 Å². The summed E-state index contributed by atoms with van der Waals surface area (Å²) in [6.07, 6.45) is 2.84. The highest BCUT2D eigenvalue weighted by Gasteiger charge is 2.32. The Labute approximate surface area is 174 Å². The fourth-order valence-corrected chi connectivity index (χ4v) is 5.09. The highest BCUT2D eigenvalue weighted by molar-refractivity contribution is 5.85. The molecule has 0 spiro atoms. The van der Waals surface area contributed by atoms with Gasteiger partial charge in [0.1, 0.15) is 0 Å². The number of H-pyrrole nitrogens is 1. The highest BCUT2D eigenvalue weighted by atomic mass is 19.4. The van der Waals surface area contributed by atoms with Crippen LogP contribution in [-0.4, -0.2) is 17.6 Å². The average molecular weight is 410 g/mol. The third-order valence-electron chi connectivity index (χ3n) is 6.60. The van der Waals surface area contributed by atoms with E-state index in [4.69, 9.17) is 0 Å². The molecular weight excluding hydrogens is 385 g/mol. The number of aryl methyl sites for hydroxylation is 1. The van der Waals surface area contributed by atoms with Gasteiger partial charge in [-0.3, -0.25) is 0 Å². The summed E-state index contributed by atoms with van der Waals surface area (Å²) >= 11 is 0. The van der Waals surface area contributed by atoms with Crippen LogP contribution in [0.5, 0.6) is 0 Å². The topological polar surface area (TPSA) is 27.8 Å². The van der Waals surface area contributed by atoms with Gasteiger partial charge in [-0.25, -0.2) is 0 Å². The quantitative estimate of drug-likeness (QED) is 0.534. The van der Waals surface area contributed by atoms with E-state index in [1.54, 1.807) is 6.07 Å². The van der Waals surface area contributed by atoms with Crippen LogP contribution in [0.15, 0.2) is 54.6 Å². The Kier molecular flexibility index (Phi) is 4.94. The molecule has 2 nitrogen and oxygen atoms in total. The maximum Gasteiger partial charge on any atom is 0.416 e. The number of hydrogen-bond donors (Lipinski definition) is 2. The molecule has 0 radical (unpaired) electrons. The van der Waals surface area contributed by atoms with Gasteiger partial charge in [-0.15, -0.1) is 0 Å². The molecule has 1 aliphatic carbocycles. The molecule has 0 fully saturated rings. The molecule has 156 valence electrons. The molecule has 2 unspecified atom stereocenters. The first-order valence-electron chi connectivity index (χ1n) is 10.7. The van der Waals surface area contributed by atoms with Crippen LogP contribution in [0.2, 0.25) is 0 Å².